The van der Waals surface area contributed by atoms with Crippen molar-refractivity contribution in [2.75, 3.05) is 5.32 Å². The predicted octanol–water partition coefficient (Wildman–Crippen LogP) is 3.60. The van der Waals surface area contributed by atoms with Crippen LogP contribution in [-0.2, 0) is 16.0 Å². The molecule has 0 fully saturated rings. The van der Waals surface area contributed by atoms with Gasteiger partial charge in [0.05, 0.1) is 0 Å². The first-order valence-electron chi connectivity index (χ1n) is 6.97. The molecule has 1 aliphatic rings. The normalized spacial score (nSPS) is 18.1. The number of carbonyl (C=O) groups excluding carboxylic acids is 1. The van der Waals surface area contributed by atoms with Crippen molar-refractivity contribution in [2.24, 2.45) is 4.99 Å². The van der Waals surface area contributed by atoms with Gasteiger partial charge in [-0.25, -0.2) is 4.99 Å². The molecular weight excluding hydrogens is 252 g/mol. The first kappa shape index (κ1) is 14.3. The molecule has 0 radical (unpaired) electrons. The van der Waals surface area contributed by atoms with Gasteiger partial charge in [-0.15, -0.1) is 0 Å². The smallest absolute Gasteiger partial charge is 0.211 e. The zero-order valence-corrected chi connectivity index (χ0v) is 11.9. The molecule has 20 heavy (non-hydrogen) atoms. The molecule has 0 heterocycles. The number of nitrogens with one attached hydrogen (secondary N) is 1. The van der Waals surface area contributed by atoms with Crippen LogP contribution in [0.5, 0.6) is 0 Å². The van der Waals surface area contributed by atoms with Crippen LogP contribution < -0.4 is 5.32 Å². The van der Waals surface area contributed by atoms with Gasteiger partial charge in [0.2, 0.25) is 12.3 Å². The number of hydrogen-bond acceptors (Lipinski definition) is 3. The Morgan fingerprint density at radius 2 is 2.40 bits per heavy atom. The summed E-state index contributed by atoms with van der Waals surface area (Å²) in [6.07, 6.45) is 7.25. The Morgan fingerprint density at radius 3 is 3.10 bits per heavy atom. The summed E-state index contributed by atoms with van der Waals surface area (Å²) in [6.45, 7) is 3.94. The lowest BCUT2D eigenvalue weighted by molar-refractivity contribution is -0.105. The van der Waals surface area contributed by atoms with E-state index in [1.165, 1.54) is 5.56 Å². The molecule has 106 valence electrons. The van der Waals surface area contributed by atoms with Gasteiger partial charge in [-0.05, 0) is 55.5 Å². The third-order valence-corrected chi connectivity index (χ3v) is 3.29. The van der Waals surface area contributed by atoms with Crippen molar-refractivity contribution in [2.45, 2.75) is 39.2 Å². The van der Waals surface area contributed by atoms with Gasteiger partial charge in [0.15, 0.2) is 0 Å². The Labute approximate surface area is 119 Å². The van der Waals surface area contributed by atoms with E-state index in [0.29, 0.717) is 12.3 Å². The SMILES string of the molecule is C/C=N\C(=C/CC)OC1CCc2ccc(NC=O)cc21. The molecular formula is C16H20N2O2. The molecule has 1 aromatic rings. The summed E-state index contributed by atoms with van der Waals surface area (Å²) in [4.78, 5) is 14.8. The van der Waals surface area contributed by atoms with Gasteiger partial charge in [-0.2, -0.15) is 0 Å². The molecule has 2 rings (SSSR count). The summed E-state index contributed by atoms with van der Waals surface area (Å²) in [7, 11) is 0. The first-order valence-corrected chi connectivity index (χ1v) is 6.97. The summed E-state index contributed by atoms with van der Waals surface area (Å²) in [6, 6.07) is 5.96. The second-order valence-corrected chi connectivity index (χ2v) is 4.66. The van der Waals surface area contributed by atoms with Crippen molar-refractivity contribution in [1.29, 1.82) is 0 Å². The summed E-state index contributed by atoms with van der Waals surface area (Å²) < 4.78 is 6.00. The summed E-state index contributed by atoms with van der Waals surface area (Å²) in [5, 5.41) is 2.68. The summed E-state index contributed by atoms with van der Waals surface area (Å²) >= 11 is 0. The maximum atomic E-state index is 10.5. The highest BCUT2D eigenvalue weighted by molar-refractivity contribution is 5.72. The Hall–Kier alpha value is -2.10. The number of aliphatic imine (C=N–C) groups is 1. The van der Waals surface area contributed by atoms with Crippen molar-refractivity contribution < 1.29 is 9.53 Å². The van der Waals surface area contributed by atoms with Gasteiger partial charge in [-0.3, -0.25) is 4.79 Å². The van der Waals surface area contributed by atoms with Crippen LogP contribution in [0.4, 0.5) is 5.69 Å². The Balaban J connectivity index is 2.19. The fourth-order valence-corrected chi connectivity index (χ4v) is 2.42. The van der Waals surface area contributed by atoms with Crippen LogP contribution in [0, 0.1) is 0 Å². The van der Waals surface area contributed by atoms with Crippen LogP contribution in [0.1, 0.15) is 43.9 Å². The van der Waals surface area contributed by atoms with Crippen molar-refractivity contribution in [3.05, 3.63) is 41.3 Å². The van der Waals surface area contributed by atoms with Crippen molar-refractivity contribution in [3.8, 4) is 0 Å². The van der Waals surface area contributed by atoms with Gasteiger partial charge in [0.1, 0.15) is 6.10 Å². The molecule has 0 spiro atoms. The number of anilines is 1. The molecule has 0 aliphatic heterocycles. The van der Waals surface area contributed by atoms with E-state index in [-0.39, 0.29) is 6.10 Å². The van der Waals surface area contributed by atoms with E-state index in [4.69, 9.17) is 4.74 Å². The van der Waals surface area contributed by atoms with E-state index >= 15 is 0 Å². The molecule has 1 aliphatic carbocycles. The zero-order valence-electron chi connectivity index (χ0n) is 11.9. The van der Waals surface area contributed by atoms with E-state index < -0.39 is 0 Å². The highest BCUT2D eigenvalue weighted by atomic mass is 16.5. The molecule has 1 aromatic carbocycles. The number of rotatable bonds is 6. The van der Waals surface area contributed by atoms with E-state index in [0.717, 1.165) is 30.5 Å². The molecule has 1 atom stereocenters. The quantitative estimate of drug-likeness (QED) is 0.488. The van der Waals surface area contributed by atoms with Gasteiger partial charge in [-0.1, -0.05) is 13.0 Å². The van der Waals surface area contributed by atoms with E-state index in [9.17, 15) is 4.79 Å². The number of allylic oxidation sites excluding steroid dienone is 1. The number of amides is 1. The fourth-order valence-electron chi connectivity index (χ4n) is 2.42. The number of aryl methyl sites for hydroxylation is 1. The van der Waals surface area contributed by atoms with Crippen molar-refractivity contribution in [1.82, 2.24) is 0 Å². The monoisotopic (exact) mass is 272 g/mol. The average Bonchev–Trinajstić information content (AvgIpc) is 2.83. The van der Waals surface area contributed by atoms with Crippen molar-refractivity contribution in [3.63, 3.8) is 0 Å². The van der Waals surface area contributed by atoms with Gasteiger partial charge in [0.25, 0.3) is 0 Å². The largest absolute Gasteiger partial charge is 0.470 e. The Kier molecular flexibility index (Phi) is 4.93. The van der Waals surface area contributed by atoms with Crippen LogP contribution in [0.15, 0.2) is 35.2 Å². The van der Waals surface area contributed by atoms with Gasteiger partial charge < -0.3 is 10.1 Å². The number of ether oxygens (including phenoxy) is 1. The first-order chi connectivity index (χ1) is 9.78. The Bertz CT molecular complexity index is 535. The number of benzene rings is 1. The van der Waals surface area contributed by atoms with Crippen LogP contribution in [-0.4, -0.2) is 12.6 Å². The summed E-state index contributed by atoms with van der Waals surface area (Å²) in [5.74, 6) is 0.668. The lowest BCUT2D eigenvalue weighted by Crippen LogP contribution is -2.01. The molecule has 1 N–H and O–H groups in total. The average molecular weight is 272 g/mol. The third kappa shape index (κ3) is 3.26. The molecule has 4 heteroatoms. The minimum Gasteiger partial charge on any atom is -0.470 e. The van der Waals surface area contributed by atoms with Crippen molar-refractivity contribution >= 4 is 18.3 Å². The lowest BCUT2D eigenvalue weighted by atomic mass is 10.1. The number of hydrogen-bond donors (Lipinski definition) is 1. The number of carbonyl (C=O) groups is 1. The van der Waals surface area contributed by atoms with E-state index in [1.807, 2.05) is 25.1 Å². The van der Waals surface area contributed by atoms with Crippen LogP contribution in [0.2, 0.25) is 0 Å². The molecule has 1 amide bonds. The molecule has 0 aromatic heterocycles. The fraction of sp³-hybridized carbons (Fsp3) is 0.375. The van der Waals surface area contributed by atoms with E-state index in [2.05, 4.69) is 23.3 Å². The summed E-state index contributed by atoms with van der Waals surface area (Å²) in [5.41, 5.74) is 3.22. The lowest BCUT2D eigenvalue weighted by Gasteiger charge is -2.15. The molecule has 0 bridgehead atoms. The maximum Gasteiger partial charge on any atom is 0.211 e. The van der Waals surface area contributed by atoms with E-state index in [1.54, 1.807) is 6.21 Å². The second kappa shape index (κ2) is 6.89. The maximum absolute atomic E-state index is 10.5. The number of nitrogens with zero attached hydrogens (tertiary/aromatic N) is 1. The molecule has 0 saturated heterocycles. The minimum atomic E-state index is 0.0138. The number of fused-ring (bicyclic) bond motifs is 1. The second-order valence-electron chi connectivity index (χ2n) is 4.66. The van der Waals surface area contributed by atoms with Crippen LogP contribution in [0.3, 0.4) is 0 Å². The zero-order chi connectivity index (χ0) is 14.4. The van der Waals surface area contributed by atoms with Gasteiger partial charge in [0, 0.05) is 11.9 Å². The highest BCUT2D eigenvalue weighted by Gasteiger charge is 2.24. The minimum absolute atomic E-state index is 0.0138. The standard InChI is InChI=1S/C16H20N2O2/c1-3-5-16(17-4-2)20-15-9-7-12-6-8-13(18-11-19)10-14(12)15/h4-6,8,10-11,15H,3,7,9H2,1-2H3,(H,18,19)/b16-5+,17-4-. The highest BCUT2D eigenvalue weighted by Crippen LogP contribution is 2.37. The molecule has 1 unspecified atom stereocenters. The topological polar surface area (TPSA) is 50.7 Å². The van der Waals surface area contributed by atoms with Crippen LogP contribution >= 0.6 is 0 Å². The molecule has 0 saturated carbocycles. The Morgan fingerprint density at radius 1 is 1.55 bits per heavy atom. The van der Waals surface area contributed by atoms with Gasteiger partial charge >= 0.3 is 0 Å². The van der Waals surface area contributed by atoms with Crippen LogP contribution in [0.25, 0.3) is 0 Å². The molecule has 4 nitrogen and oxygen atoms in total. The third-order valence-electron chi connectivity index (χ3n) is 3.29. The predicted molar refractivity (Wildman–Crippen MR) is 80.8 cm³/mol.